The summed E-state index contributed by atoms with van der Waals surface area (Å²) in [7, 11) is 0. The molecule has 142 valence electrons. The van der Waals surface area contributed by atoms with Gasteiger partial charge in [0.1, 0.15) is 5.52 Å². The lowest BCUT2D eigenvalue weighted by Crippen LogP contribution is -2.42. The maximum absolute atomic E-state index is 13.6. The van der Waals surface area contributed by atoms with Gasteiger partial charge in [-0.15, -0.1) is 0 Å². The normalized spacial score (nSPS) is 18.9. The first-order valence-corrected chi connectivity index (χ1v) is 9.19. The van der Waals surface area contributed by atoms with E-state index in [4.69, 9.17) is 0 Å². The Morgan fingerprint density at radius 2 is 1.85 bits per heavy atom. The summed E-state index contributed by atoms with van der Waals surface area (Å²) in [5.74, 6) is -0.860. The molecule has 3 heterocycles. The molecule has 0 amide bonds. The van der Waals surface area contributed by atoms with Crippen molar-refractivity contribution >= 4 is 11.2 Å². The first kappa shape index (κ1) is 18.0. The molecule has 0 saturated carbocycles. The zero-order valence-corrected chi connectivity index (χ0v) is 14.9. The third kappa shape index (κ3) is 3.83. The molecule has 7 heteroatoms. The van der Waals surface area contributed by atoms with Gasteiger partial charge in [0.2, 0.25) is 5.82 Å². The number of halogens is 3. The summed E-state index contributed by atoms with van der Waals surface area (Å²) in [6.07, 6.45) is -0.0186. The Morgan fingerprint density at radius 1 is 1.04 bits per heavy atom. The van der Waals surface area contributed by atoms with Crippen molar-refractivity contribution in [2.75, 3.05) is 6.54 Å². The summed E-state index contributed by atoms with van der Waals surface area (Å²) in [4.78, 5) is 10.3. The van der Waals surface area contributed by atoms with E-state index in [-0.39, 0.29) is 18.1 Å². The number of aromatic nitrogens is 3. The van der Waals surface area contributed by atoms with Gasteiger partial charge in [-0.05, 0) is 37.1 Å². The molecule has 0 spiro atoms. The maximum atomic E-state index is 13.6. The van der Waals surface area contributed by atoms with Crippen molar-refractivity contribution in [1.82, 2.24) is 19.4 Å². The van der Waals surface area contributed by atoms with Crippen LogP contribution in [-0.4, -0.2) is 32.0 Å². The van der Waals surface area contributed by atoms with Crippen molar-refractivity contribution in [2.24, 2.45) is 0 Å². The van der Waals surface area contributed by atoms with E-state index in [1.54, 1.807) is 12.1 Å². The second-order valence-corrected chi connectivity index (χ2v) is 7.00. The van der Waals surface area contributed by atoms with E-state index < -0.39 is 12.0 Å². The Labute approximate surface area is 155 Å². The second kappa shape index (κ2) is 7.31. The van der Waals surface area contributed by atoms with Gasteiger partial charge in [-0.1, -0.05) is 36.8 Å². The van der Waals surface area contributed by atoms with Crippen molar-refractivity contribution in [3.05, 3.63) is 60.0 Å². The molecule has 1 unspecified atom stereocenters. The molecule has 0 N–H and O–H groups in total. The molecule has 1 saturated heterocycles. The molecule has 1 atom stereocenters. The SMILES string of the molecule is FC(F)(F)c1nc2cccnc2n1CC1CCCCN1Cc1ccccc1. The Bertz CT molecular complexity index is 904. The van der Waals surface area contributed by atoms with Crippen LogP contribution in [-0.2, 0) is 19.3 Å². The van der Waals surface area contributed by atoms with Gasteiger partial charge in [-0.3, -0.25) is 4.90 Å². The number of imidazole rings is 1. The lowest BCUT2D eigenvalue weighted by molar-refractivity contribution is -0.147. The number of hydrogen-bond acceptors (Lipinski definition) is 3. The number of likely N-dealkylation sites (tertiary alicyclic amines) is 1. The summed E-state index contributed by atoms with van der Waals surface area (Å²) < 4.78 is 41.9. The van der Waals surface area contributed by atoms with Crippen LogP contribution >= 0.6 is 0 Å². The van der Waals surface area contributed by atoms with Crippen LogP contribution < -0.4 is 0 Å². The Kier molecular flexibility index (Phi) is 4.86. The van der Waals surface area contributed by atoms with E-state index in [1.165, 1.54) is 16.3 Å². The standard InChI is InChI=1S/C20H21F3N4/c21-20(22,23)19-25-17-10-6-11-24-18(17)27(19)14-16-9-4-5-12-26(16)13-15-7-2-1-3-8-15/h1-3,6-8,10-11,16H,4-5,9,12-14H2. The van der Waals surface area contributed by atoms with Gasteiger partial charge >= 0.3 is 6.18 Å². The summed E-state index contributed by atoms with van der Waals surface area (Å²) in [6.45, 7) is 1.88. The molecule has 3 aromatic rings. The van der Waals surface area contributed by atoms with Gasteiger partial charge in [0.15, 0.2) is 5.65 Å². The van der Waals surface area contributed by atoms with Crippen LogP contribution in [0.3, 0.4) is 0 Å². The van der Waals surface area contributed by atoms with Gasteiger partial charge in [-0.25, -0.2) is 9.97 Å². The number of hydrogen-bond donors (Lipinski definition) is 0. The number of piperidine rings is 1. The van der Waals surface area contributed by atoms with Gasteiger partial charge in [0.25, 0.3) is 0 Å². The van der Waals surface area contributed by atoms with Gasteiger partial charge in [-0.2, -0.15) is 13.2 Å². The minimum absolute atomic E-state index is 0.0273. The monoisotopic (exact) mass is 374 g/mol. The molecule has 0 aliphatic carbocycles. The van der Waals surface area contributed by atoms with Crippen molar-refractivity contribution in [3.8, 4) is 0 Å². The van der Waals surface area contributed by atoms with Crippen LogP contribution in [0.2, 0.25) is 0 Å². The topological polar surface area (TPSA) is 34.0 Å². The molecule has 4 nitrogen and oxygen atoms in total. The minimum Gasteiger partial charge on any atom is -0.303 e. The second-order valence-electron chi connectivity index (χ2n) is 7.00. The smallest absolute Gasteiger partial charge is 0.303 e. The van der Waals surface area contributed by atoms with E-state index >= 15 is 0 Å². The third-order valence-electron chi connectivity index (χ3n) is 5.13. The zero-order chi connectivity index (χ0) is 18.9. The van der Waals surface area contributed by atoms with Crippen LogP contribution in [0.15, 0.2) is 48.7 Å². The summed E-state index contributed by atoms with van der Waals surface area (Å²) >= 11 is 0. The summed E-state index contributed by atoms with van der Waals surface area (Å²) in [6, 6.07) is 13.3. The Balaban J connectivity index is 1.65. The van der Waals surface area contributed by atoms with Crippen LogP contribution in [0.5, 0.6) is 0 Å². The van der Waals surface area contributed by atoms with Gasteiger partial charge in [0.05, 0.1) is 0 Å². The molecular weight excluding hydrogens is 353 g/mol. The van der Waals surface area contributed by atoms with Crippen molar-refractivity contribution in [1.29, 1.82) is 0 Å². The molecule has 4 rings (SSSR count). The lowest BCUT2D eigenvalue weighted by Gasteiger charge is -2.36. The predicted octanol–water partition coefficient (Wildman–Crippen LogP) is 4.50. The van der Waals surface area contributed by atoms with Crippen LogP contribution in [0.4, 0.5) is 13.2 Å². The highest BCUT2D eigenvalue weighted by Crippen LogP contribution is 2.32. The number of pyridine rings is 1. The highest BCUT2D eigenvalue weighted by Gasteiger charge is 2.39. The van der Waals surface area contributed by atoms with Crippen molar-refractivity contribution < 1.29 is 13.2 Å². The molecule has 27 heavy (non-hydrogen) atoms. The quantitative estimate of drug-likeness (QED) is 0.674. The largest absolute Gasteiger partial charge is 0.449 e. The average molecular weight is 374 g/mol. The molecule has 1 aliphatic rings. The molecule has 2 aromatic heterocycles. The average Bonchev–Trinajstić information content (AvgIpc) is 3.03. The summed E-state index contributed by atoms with van der Waals surface area (Å²) in [5.41, 5.74) is 1.76. The van der Waals surface area contributed by atoms with E-state index in [9.17, 15) is 13.2 Å². The molecular formula is C20H21F3N4. The molecule has 0 bridgehead atoms. The third-order valence-corrected chi connectivity index (χ3v) is 5.13. The molecule has 1 aromatic carbocycles. The number of fused-ring (bicyclic) bond motifs is 1. The van der Waals surface area contributed by atoms with E-state index in [1.807, 2.05) is 18.2 Å². The highest BCUT2D eigenvalue weighted by molar-refractivity contribution is 5.71. The molecule has 1 fully saturated rings. The number of benzene rings is 1. The van der Waals surface area contributed by atoms with E-state index in [0.717, 1.165) is 32.4 Å². The lowest BCUT2D eigenvalue weighted by atomic mass is 10.0. The van der Waals surface area contributed by atoms with E-state index in [2.05, 4.69) is 27.0 Å². The van der Waals surface area contributed by atoms with Crippen LogP contribution in [0, 0.1) is 0 Å². The number of alkyl halides is 3. The predicted molar refractivity (Wildman–Crippen MR) is 97.0 cm³/mol. The fraction of sp³-hybridized carbons (Fsp3) is 0.400. The van der Waals surface area contributed by atoms with Gasteiger partial charge in [0, 0.05) is 25.3 Å². The Morgan fingerprint density at radius 3 is 2.63 bits per heavy atom. The Hall–Kier alpha value is -2.41. The highest BCUT2D eigenvalue weighted by atomic mass is 19.4. The maximum Gasteiger partial charge on any atom is 0.449 e. The zero-order valence-electron chi connectivity index (χ0n) is 14.9. The fourth-order valence-corrected chi connectivity index (χ4v) is 3.85. The first-order chi connectivity index (χ1) is 13.0. The van der Waals surface area contributed by atoms with Crippen molar-refractivity contribution in [3.63, 3.8) is 0 Å². The minimum atomic E-state index is -4.50. The van der Waals surface area contributed by atoms with Crippen LogP contribution in [0.25, 0.3) is 11.2 Å². The number of nitrogens with zero attached hydrogens (tertiary/aromatic N) is 4. The first-order valence-electron chi connectivity index (χ1n) is 9.19. The van der Waals surface area contributed by atoms with Gasteiger partial charge < -0.3 is 4.57 Å². The molecule has 1 aliphatic heterocycles. The van der Waals surface area contributed by atoms with E-state index in [0.29, 0.717) is 5.65 Å². The molecule has 0 radical (unpaired) electrons. The van der Waals surface area contributed by atoms with Crippen molar-refractivity contribution in [2.45, 2.75) is 44.6 Å². The summed E-state index contributed by atoms with van der Waals surface area (Å²) in [5, 5.41) is 0. The fourth-order valence-electron chi connectivity index (χ4n) is 3.85. The van der Waals surface area contributed by atoms with Crippen LogP contribution in [0.1, 0.15) is 30.7 Å². The number of rotatable bonds is 4.